The molecular formula is C22H30ClFN2O2. The quantitative estimate of drug-likeness (QED) is 0.678. The van der Waals surface area contributed by atoms with Gasteiger partial charge in [-0.15, -0.1) is 0 Å². The molecule has 0 spiro atoms. The maximum absolute atomic E-state index is 13.2. The lowest BCUT2D eigenvalue weighted by Crippen LogP contribution is -2.37. The van der Waals surface area contributed by atoms with Crippen LogP contribution in [0.5, 0.6) is 0 Å². The minimum atomic E-state index is -0.417. The summed E-state index contributed by atoms with van der Waals surface area (Å²) in [4.78, 5) is 26.2. The molecule has 1 saturated heterocycles. The largest absolute Gasteiger partial charge is 0.370 e. The Morgan fingerprint density at radius 1 is 1.07 bits per heavy atom. The van der Waals surface area contributed by atoms with E-state index < -0.39 is 5.82 Å². The molecule has 0 aromatic heterocycles. The van der Waals surface area contributed by atoms with Crippen LogP contribution >= 0.6 is 11.6 Å². The van der Waals surface area contributed by atoms with Gasteiger partial charge >= 0.3 is 0 Å². The standard InChI is InChI=1S/C22H30ClFN2O2/c23-20-14-18(24)5-6-19(20)22(28)17-8-11-26(12-9-17)10-7-15-1-3-16(4-2-15)13-21(25)27/h5-6,14-17H,1-4,7-13H2,(H2,25,27). The highest BCUT2D eigenvalue weighted by atomic mass is 35.5. The number of amides is 1. The van der Waals surface area contributed by atoms with Crippen molar-refractivity contribution in [3.05, 3.63) is 34.6 Å². The normalized spacial score (nSPS) is 24.2. The van der Waals surface area contributed by atoms with E-state index >= 15 is 0 Å². The molecule has 0 unspecified atom stereocenters. The molecule has 154 valence electrons. The van der Waals surface area contributed by atoms with Gasteiger partial charge in [0.15, 0.2) is 5.78 Å². The van der Waals surface area contributed by atoms with Crippen molar-refractivity contribution in [2.75, 3.05) is 19.6 Å². The average molecular weight is 409 g/mol. The number of nitrogens with zero attached hydrogens (tertiary/aromatic N) is 1. The zero-order valence-electron chi connectivity index (χ0n) is 16.3. The van der Waals surface area contributed by atoms with E-state index in [4.69, 9.17) is 17.3 Å². The van der Waals surface area contributed by atoms with Gasteiger partial charge in [-0.2, -0.15) is 0 Å². The predicted molar refractivity (Wildman–Crippen MR) is 109 cm³/mol. The fourth-order valence-electron chi connectivity index (χ4n) is 4.70. The van der Waals surface area contributed by atoms with Gasteiger partial charge in [-0.25, -0.2) is 4.39 Å². The van der Waals surface area contributed by atoms with Gasteiger partial charge in [-0.1, -0.05) is 24.4 Å². The summed E-state index contributed by atoms with van der Waals surface area (Å²) in [5, 5.41) is 0.208. The monoisotopic (exact) mass is 408 g/mol. The Balaban J connectivity index is 1.39. The van der Waals surface area contributed by atoms with E-state index in [-0.39, 0.29) is 22.6 Å². The molecule has 0 bridgehead atoms. The molecule has 1 aromatic rings. The fraction of sp³-hybridized carbons (Fsp3) is 0.636. The number of piperidine rings is 1. The van der Waals surface area contributed by atoms with Crippen molar-refractivity contribution < 1.29 is 14.0 Å². The average Bonchev–Trinajstić information content (AvgIpc) is 2.67. The number of hydrogen-bond donors (Lipinski definition) is 1. The van der Waals surface area contributed by atoms with Crippen molar-refractivity contribution in [3.63, 3.8) is 0 Å². The van der Waals surface area contributed by atoms with Crippen molar-refractivity contribution in [2.24, 2.45) is 23.5 Å². The number of ketones is 1. The fourth-order valence-corrected chi connectivity index (χ4v) is 4.96. The molecule has 1 aliphatic heterocycles. The second kappa shape index (κ2) is 9.84. The van der Waals surface area contributed by atoms with Crippen molar-refractivity contribution in [3.8, 4) is 0 Å². The van der Waals surface area contributed by atoms with Gasteiger partial charge < -0.3 is 10.6 Å². The van der Waals surface area contributed by atoms with Gasteiger partial charge in [0.25, 0.3) is 0 Å². The Labute approximate surface area is 171 Å². The third kappa shape index (κ3) is 5.77. The first-order chi connectivity index (χ1) is 13.4. The van der Waals surface area contributed by atoms with Crippen LogP contribution in [-0.2, 0) is 4.79 Å². The minimum Gasteiger partial charge on any atom is -0.370 e. The first kappa shape index (κ1) is 21.3. The first-order valence-corrected chi connectivity index (χ1v) is 10.8. The van der Waals surface area contributed by atoms with Crippen molar-refractivity contribution in [2.45, 2.75) is 51.4 Å². The molecule has 1 heterocycles. The van der Waals surface area contributed by atoms with Crippen LogP contribution in [0.25, 0.3) is 0 Å². The predicted octanol–water partition coefficient (Wildman–Crippen LogP) is 4.45. The lowest BCUT2D eigenvalue weighted by atomic mass is 9.79. The molecule has 0 radical (unpaired) electrons. The van der Waals surface area contributed by atoms with Crippen LogP contribution in [0.2, 0.25) is 5.02 Å². The summed E-state index contributed by atoms with van der Waals surface area (Å²) < 4.78 is 13.2. The number of primary amides is 1. The van der Waals surface area contributed by atoms with E-state index in [1.807, 2.05) is 0 Å². The minimum absolute atomic E-state index is 0.0246. The van der Waals surface area contributed by atoms with Crippen LogP contribution in [0.3, 0.4) is 0 Å². The molecular weight excluding hydrogens is 379 g/mol. The number of likely N-dealkylation sites (tertiary alicyclic amines) is 1. The molecule has 2 fully saturated rings. The van der Waals surface area contributed by atoms with Crippen molar-refractivity contribution >= 4 is 23.3 Å². The molecule has 4 nitrogen and oxygen atoms in total. The smallest absolute Gasteiger partial charge is 0.217 e. The molecule has 6 heteroatoms. The number of rotatable bonds is 7. The summed E-state index contributed by atoms with van der Waals surface area (Å²) in [5.41, 5.74) is 5.74. The topological polar surface area (TPSA) is 63.4 Å². The number of nitrogens with two attached hydrogens (primary N) is 1. The Bertz CT molecular complexity index is 696. The molecule has 0 atom stereocenters. The van der Waals surface area contributed by atoms with Crippen LogP contribution in [0.15, 0.2) is 18.2 Å². The van der Waals surface area contributed by atoms with Gasteiger partial charge in [-0.05, 0) is 81.8 Å². The molecule has 2 N–H and O–H groups in total. The highest BCUT2D eigenvalue weighted by Gasteiger charge is 2.28. The van der Waals surface area contributed by atoms with Crippen LogP contribution < -0.4 is 5.73 Å². The summed E-state index contributed by atoms with van der Waals surface area (Å²) in [7, 11) is 0. The molecule has 3 rings (SSSR count). The van der Waals surface area contributed by atoms with Gasteiger partial charge in [0.2, 0.25) is 5.91 Å². The lowest BCUT2D eigenvalue weighted by Gasteiger charge is -2.34. The second-order valence-corrected chi connectivity index (χ2v) is 8.86. The van der Waals surface area contributed by atoms with Crippen molar-refractivity contribution in [1.29, 1.82) is 0 Å². The van der Waals surface area contributed by atoms with E-state index in [0.29, 0.717) is 17.9 Å². The first-order valence-electron chi connectivity index (χ1n) is 10.4. The highest BCUT2D eigenvalue weighted by Crippen LogP contribution is 2.33. The summed E-state index contributed by atoms with van der Waals surface area (Å²) >= 11 is 6.05. The van der Waals surface area contributed by atoms with E-state index in [1.165, 1.54) is 37.5 Å². The number of Topliss-reactive ketones (excluding diaryl/α,β-unsaturated/α-hetero) is 1. The number of hydrogen-bond acceptors (Lipinski definition) is 3. The number of carbonyl (C=O) groups excluding carboxylic acids is 2. The molecule has 1 aliphatic carbocycles. The molecule has 28 heavy (non-hydrogen) atoms. The zero-order valence-corrected chi connectivity index (χ0v) is 17.1. The van der Waals surface area contributed by atoms with E-state index in [1.54, 1.807) is 0 Å². The summed E-state index contributed by atoms with van der Waals surface area (Å²) in [6.45, 7) is 2.92. The molecule has 2 aliphatic rings. The Hall–Kier alpha value is -1.46. The Morgan fingerprint density at radius 2 is 1.71 bits per heavy atom. The zero-order chi connectivity index (χ0) is 20.1. The summed E-state index contributed by atoms with van der Waals surface area (Å²) in [6.07, 6.45) is 7.99. The Kier molecular flexibility index (Phi) is 7.47. The number of halogens is 2. The molecule has 1 aromatic carbocycles. The number of benzene rings is 1. The van der Waals surface area contributed by atoms with E-state index in [2.05, 4.69) is 4.90 Å². The van der Waals surface area contributed by atoms with Crippen molar-refractivity contribution in [1.82, 2.24) is 4.90 Å². The van der Waals surface area contributed by atoms with Gasteiger partial charge in [0.05, 0.1) is 5.02 Å². The van der Waals surface area contributed by atoms with Crippen LogP contribution in [0, 0.1) is 23.6 Å². The third-order valence-corrected chi connectivity index (χ3v) is 6.78. The summed E-state index contributed by atoms with van der Waals surface area (Å²) in [5.74, 6) is 0.638. The van der Waals surface area contributed by atoms with Crippen LogP contribution in [0.4, 0.5) is 4.39 Å². The third-order valence-electron chi connectivity index (χ3n) is 6.46. The van der Waals surface area contributed by atoms with Gasteiger partial charge in [0.1, 0.15) is 5.82 Å². The second-order valence-electron chi connectivity index (χ2n) is 8.45. The van der Waals surface area contributed by atoms with E-state index in [0.717, 1.165) is 51.2 Å². The number of carbonyl (C=O) groups is 2. The van der Waals surface area contributed by atoms with Crippen LogP contribution in [-0.4, -0.2) is 36.2 Å². The SMILES string of the molecule is NC(=O)CC1CCC(CCN2CCC(C(=O)c3ccc(F)cc3Cl)CC2)CC1. The summed E-state index contributed by atoms with van der Waals surface area (Å²) in [6, 6.07) is 4.01. The highest BCUT2D eigenvalue weighted by molar-refractivity contribution is 6.34. The maximum Gasteiger partial charge on any atom is 0.217 e. The molecule has 1 saturated carbocycles. The Morgan fingerprint density at radius 3 is 2.32 bits per heavy atom. The molecule has 1 amide bonds. The van der Waals surface area contributed by atoms with Gasteiger partial charge in [-0.3, -0.25) is 9.59 Å². The van der Waals surface area contributed by atoms with Gasteiger partial charge in [0, 0.05) is 17.9 Å². The maximum atomic E-state index is 13.2. The van der Waals surface area contributed by atoms with E-state index in [9.17, 15) is 14.0 Å². The van der Waals surface area contributed by atoms with Crippen LogP contribution in [0.1, 0.15) is 61.7 Å². The lowest BCUT2D eigenvalue weighted by molar-refractivity contribution is -0.119.